The fraction of sp³-hybridized carbons (Fsp3) is 0.0909. The number of carboxylic acids is 1. The molecule has 0 unspecified atom stereocenters. The second-order valence-corrected chi connectivity index (χ2v) is 3.17. The van der Waals surface area contributed by atoms with Gasteiger partial charge in [-0.15, -0.1) is 0 Å². The third-order valence-electron chi connectivity index (χ3n) is 2.22. The Morgan fingerprint density at radius 2 is 2.00 bits per heavy atom. The first-order chi connectivity index (χ1) is 7.18. The second kappa shape index (κ2) is 3.65. The second-order valence-electron chi connectivity index (χ2n) is 3.17. The number of nitrogens with zero attached hydrogens (tertiary/aromatic N) is 1. The van der Waals surface area contributed by atoms with Crippen molar-refractivity contribution in [1.82, 2.24) is 0 Å². The minimum Gasteiger partial charge on any atom is -0.478 e. The topological polar surface area (TPSA) is 49.7 Å². The summed E-state index contributed by atoms with van der Waals surface area (Å²) in [5.41, 5.74) is 1.51. The number of aliphatic carboxylic acids is 1. The summed E-state index contributed by atoms with van der Waals surface area (Å²) in [6.45, 7) is 0.341. The lowest BCUT2D eigenvalue weighted by Crippen LogP contribution is -2.02. The first kappa shape index (κ1) is 9.58. The van der Waals surface area contributed by atoms with Crippen LogP contribution >= 0.6 is 0 Å². The molecule has 0 aliphatic carbocycles. The molecule has 2 rings (SSSR count). The van der Waals surface area contributed by atoms with Crippen molar-refractivity contribution in [1.29, 1.82) is 0 Å². The molecule has 1 aliphatic heterocycles. The largest absolute Gasteiger partial charge is 0.478 e. The van der Waals surface area contributed by atoms with Crippen LogP contribution in [0.25, 0.3) is 5.57 Å². The van der Waals surface area contributed by atoms with Gasteiger partial charge in [-0.25, -0.2) is 9.18 Å². The van der Waals surface area contributed by atoms with E-state index in [1.807, 2.05) is 0 Å². The fourth-order valence-electron chi connectivity index (χ4n) is 1.47. The third kappa shape index (κ3) is 1.79. The molecule has 15 heavy (non-hydrogen) atoms. The minimum atomic E-state index is -1.00. The molecule has 0 atom stereocenters. The van der Waals surface area contributed by atoms with Crippen molar-refractivity contribution in [3.63, 3.8) is 0 Å². The van der Waals surface area contributed by atoms with E-state index in [0.29, 0.717) is 17.7 Å². The van der Waals surface area contributed by atoms with Gasteiger partial charge in [0, 0.05) is 6.21 Å². The van der Waals surface area contributed by atoms with Crippen molar-refractivity contribution in [3.05, 3.63) is 41.2 Å². The maximum Gasteiger partial charge on any atom is 0.337 e. The average Bonchev–Trinajstić information content (AvgIpc) is 2.67. The van der Waals surface area contributed by atoms with Gasteiger partial charge in [-0.05, 0) is 23.3 Å². The summed E-state index contributed by atoms with van der Waals surface area (Å²) in [4.78, 5) is 14.7. The van der Waals surface area contributed by atoms with Gasteiger partial charge < -0.3 is 5.11 Å². The molecule has 0 saturated heterocycles. The molecule has 0 bridgehead atoms. The van der Waals surface area contributed by atoms with Crippen LogP contribution in [0.3, 0.4) is 0 Å². The van der Waals surface area contributed by atoms with E-state index in [-0.39, 0.29) is 11.4 Å². The molecule has 0 fully saturated rings. The summed E-state index contributed by atoms with van der Waals surface area (Å²) in [6, 6.07) is 5.73. The first-order valence-corrected chi connectivity index (χ1v) is 4.40. The van der Waals surface area contributed by atoms with Crippen LogP contribution in [-0.4, -0.2) is 23.8 Å². The van der Waals surface area contributed by atoms with Crippen LogP contribution in [-0.2, 0) is 4.79 Å². The molecule has 0 amide bonds. The monoisotopic (exact) mass is 205 g/mol. The Morgan fingerprint density at radius 3 is 2.60 bits per heavy atom. The molecule has 1 aromatic rings. The molecule has 3 nitrogen and oxygen atoms in total. The van der Waals surface area contributed by atoms with Gasteiger partial charge in [0.15, 0.2) is 0 Å². The number of carboxylic acid groups (broad SMARTS) is 1. The molecule has 76 valence electrons. The molecule has 4 heteroatoms. The Hall–Kier alpha value is -1.97. The van der Waals surface area contributed by atoms with Gasteiger partial charge in [-0.3, -0.25) is 4.99 Å². The van der Waals surface area contributed by atoms with Gasteiger partial charge in [0.1, 0.15) is 5.82 Å². The highest BCUT2D eigenvalue weighted by Gasteiger charge is 2.17. The Labute approximate surface area is 85.6 Å². The quantitative estimate of drug-likeness (QED) is 0.799. The summed E-state index contributed by atoms with van der Waals surface area (Å²) in [7, 11) is 0. The normalized spacial score (nSPS) is 14.7. The predicted molar refractivity (Wildman–Crippen MR) is 54.3 cm³/mol. The number of aliphatic imine (C=N–C) groups is 1. The van der Waals surface area contributed by atoms with Gasteiger partial charge in [0.2, 0.25) is 0 Å². The Bertz CT molecular complexity index is 460. The van der Waals surface area contributed by atoms with E-state index < -0.39 is 5.97 Å². The van der Waals surface area contributed by atoms with Crippen molar-refractivity contribution in [2.75, 3.05) is 6.54 Å². The molecule has 1 aliphatic rings. The van der Waals surface area contributed by atoms with E-state index in [9.17, 15) is 9.18 Å². The predicted octanol–water partition coefficient (Wildman–Crippen LogP) is 1.75. The minimum absolute atomic E-state index is 0.182. The molecule has 0 aromatic heterocycles. The number of halogens is 1. The van der Waals surface area contributed by atoms with Crippen LogP contribution in [0.15, 0.2) is 34.8 Å². The zero-order valence-corrected chi connectivity index (χ0v) is 7.77. The third-order valence-corrected chi connectivity index (χ3v) is 2.22. The average molecular weight is 205 g/mol. The van der Waals surface area contributed by atoms with Crippen molar-refractivity contribution >= 4 is 17.8 Å². The van der Waals surface area contributed by atoms with Crippen LogP contribution < -0.4 is 0 Å². The van der Waals surface area contributed by atoms with Crippen LogP contribution in [0, 0.1) is 5.82 Å². The molecule has 0 spiro atoms. The van der Waals surface area contributed by atoms with Gasteiger partial charge in [-0.1, -0.05) is 12.1 Å². The summed E-state index contributed by atoms with van der Waals surface area (Å²) in [6.07, 6.45) is 1.33. The van der Waals surface area contributed by atoms with Crippen LogP contribution in [0.1, 0.15) is 5.56 Å². The van der Waals surface area contributed by atoms with E-state index in [1.165, 1.54) is 18.3 Å². The number of hydrogen-bond acceptors (Lipinski definition) is 2. The standard InChI is InChI=1S/C11H8FNO2/c12-8-3-1-7(2-4-8)9-5-13-6-10(9)11(14)15/h1-4,6H,5H2,(H,14,15). The van der Waals surface area contributed by atoms with Gasteiger partial charge in [0.05, 0.1) is 12.1 Å². The number of rotatable bonds is 2. The smallest absolute Gasteiger partial charge is 0.337 e. The van der Waals surface area contributed by atoms with Crippen molar-refractivity contribution < 1.29 is 14.3 Å². The maximum atomic E-state index is 12.7. The van der Waals surface area contributed by atoms with E-state index in [2.05, 4.69) is 4.99 Å². The van der Waals surface area contributed by atoms with Crippen LogP contribution in [0.2, 0.25) is 0 Å². The number of carbonyl (C=O) groups is 1. The summed E-state index contributed by atoms with van der Waals surface area (Å²) in [5.74, 6) is -1.34. The van der Waals surface area contributed by atoms with Gasteiger partial charge >= 0.3 is 5.97 Å². The molecular weight excluding hydrogens is 197 g/mol. The highest BCUT2D eigenvalue weighted by Crippen LogP contribution is 2.22. The highest BCUT2D eigenvalue weighted by molar-refractivity contribution is 6.17. The first-order valence-electron chi connectivity index (χ1n) is 4.40. The van der Waals surface area contributed by atoms with E-state index in [1.54, 1.807) is 12.1 Å². The van der Waals surface area contributed by atoms with E-state index in [4.69, 9.17) is 5.11 Å². The summed E-state index contributed by atoms with van der Waals surface area (Å²) >= 11 is 0. The van der Waals surface area contributed by atoms with Gasteiger partial charge in [-0.2, -0.15) is 0 Å². The Balaban J connectivity index is 2.43. The number of hydrogen-bond donors (Lipinski definition) is 1. The van der Waals surface area contributed by atoms with Gasteiger partial charge in [0.25, 0.3) is 0 Å². The fourth-order valence-corrected chi connectivity index (χ4v) is 1.47. The summed E-state index contributed by atoms with van der Waals surface area (Å²) in [5, 5.41) is 8.88. The highest BCUT2D eigenvalue weighted by atomic mass is 19.1. The van der Waals surface area contributed by atoms with Crippen LogP contribution in [0.4, 0.5) is 4.39 Å². The number of benzene rings is 1. The lowest BCUT2D eigenvalue weighted by molar-refractivity contribution is -0.131. The van der Waals surface area contributed by atoms with Crippen molar-refractivity contribution in [3.8, 4) is 0 Å². The SMILES string of the molecule is O=C(O)C1=C(c2ccc(F)cc2)CN=C1. The van der Waals surface area contributed by atoms with Crippen molar-refractivity contribution in [2.45, 2.75) is 0 Å². The van der Waals surface area contributed by atoms with Crippen molar-refractivity contribution in [2.24, 2.45) is 4.99 Å². The Morgan fingerprint density at radius 1 is 1.33 bits per heavy atom. The van der Waals surface area contributed by atoms with E-state index in [0.717, 1.165) is 0 Å². The maximum absolute atomic E-state index is 12.7. The molecular formula is C11H8FNO2. The molecule has 1 N–H and O–H groups in total. The molecule has 0 radical (unpaired) electrons. The Kier molecular flexibility index (Phi) is 2.33. The lowest BCUT2D eigenvalue weighted by Gasteiger charge is -2.02. The molecule has 1 heterocycles. The molecule has 1 aromatic carbocycles. The lowest BCUT2D eigenvalue weighted by atomic mass is 10.0. The summed E-state index contributed by atoms with van der Waals surface area (Å²) < 4.78 is 12.7. The van der Waals surface area contributed by atoms with Crippen LogP contribution in [0.5, 0.6) is 0 Å². The zero-order chi connectivity index (χ0) is 10.8. The van der Waals surface area contributed by atoms with E-state index >= 15 is 0 Å². The molecule has 0 saturated carbocycles. The zero-order valence-electron chi connectivity index (χ0n) is 7.77.